The maximum absolute atomic E-state index is 13.5. The molecule has 0 bridgehead atoms. The summed E-state index contributed by atoms with van der Waals surface area (Å²) in [6, 6.07) is 1.77. The van der Waals surface area contributed by atoms with Crippen molar-refractivity contribution in [3.8, 4) is 0 Å². The Balaban J connectivity index is 2.27. The van der Waals surface area contributed by atoms with Crippen LogP contribution in [0.2, 0.25) is 0 Å². The molecule has 98 valence electrons. The number of amides is 1. The number of anilines is 2. The molecule has 0 aliphatic heterocycles. The number of carbonyl (C=O) groups excluding carboxylic acids is 1. The summed E-state index contributed by atoms with van der Waals surface area (Å²) in [5.41, 5.74) is 4.98. The van der Waals surface area contributed by atoms with Gasteiger partial charge in [0, 0.05) is 6.07 Å². The van der Waals surface area contributed by atoms with Gasteiger partial charge < -0.3 is 11.1 Å². The van der Waals surface area contributed by atoms with E-state index in [1.54, 1.807) is 0 Å². The molecule has 5 nitrogen and oxygen atoms in total. The second-order valence-electron chi connectivity index (χ2n) is 3.53. The van der Waals surface area contributed by atoms with Crippen LogP contribution >= 0.6 is 15.9 Å². The minimum absolute atomic E-state index is 0.0354. The molecule has 1 aromatic heterocycles. The molecule has 0 saturated carbocycles. The highest BCUT2D eigenvalue weighted by Gasteiger charge is 2.13. The van der Waals surface area contributed by atoms with Gasteiger partial charge in [0.1, 0.15) is 23.1 Å². The lowest BCUT2D eigenvalue weighted by atomic mass is 10.3. The Bertz CT molecular complexity index is 651. The first kappa shape index (κ1) is 13.3. The van der Waals surface area contributed by atoms with E-state index in [4.69, 9.17) is 5.73 Å². The van der Waals surface area contributed by atoms with Crippen molar-refractivity contribution >= 4 is 33.3 Å². The van der Waals surface area contributed by atoms with Gasteiger partial charge in [0.2, 0.25) is 0 Å². The van der Waals surface area contributed by atoms with Gasteiger partial charge in [0.05, 0.1) is 22.6 Å². The minimum Gasteiger partial charge on any atom is -0.382 e. The number of nitrogens with zero attached hydrogens (tertiary/aromatic N) is 2. The number of carbonyl (C=O) groups is 1. The fourth-order valence-corrected chi connectivity index (χ4v) is 1.61. The minimum atomic E-state index is -0.779. The highest BCUT2D eigenvalue weighted by atomic mass is 79.9. The third-order valence-corrected chi connectivity index (χ3v) is 2.75. The van der Waals surface area contributed by atoms with Gasteiger partial charge in [-0.3, -0.25) is 9.78 Å². The third-order valence-electron chi connectivity index (χ3n) is 2.14. The Labute approximate surface area is 115 Å². The summed E-state index contributed by atoms with van der Waals surface area (Å²) in [6.07, 6.45) is 2.43. The van der Waals surface area contributed by atoms with Crippen LogP contribution in [0.5, 0.6) is 0 Å². The largest absolute Gasteiger partial charge is 0.382 e. The van der Waals surface area contributed by atoms with Gasteiger partial charge in [-0.15, -0.1) is 0 Å². The van der Waals surface area contributed by atoms with E-state index in [1.807, 2.05) is 0 Å². The van der Waals surface area contributed by atoms with Crippen LogP contribution in [0.25, 0.3) is 0 Å². The molecule has 2 rings (SSSR count). The number of aromatic nitrogens is 2. The molecule has 0 radical (unpaired) electrons. The number of rotatable bonds is 2. The van der Waals surface area contributed by atoms with Crippen molar-refractivity contribution in [2.75, 3.05) is 11.1 Å². The lowest BCUT2D eigenvalue weighted by Crippen LogP contribution is -2.16. The summed E-state index contributed by atoms with van der Waals surface area (Å²) in [5, 5.41) is 2.19. The number of benzene rings is 1. The zero-order chi connectivity index (χ0) is 14.0. The molecule has 1 amide bonds. The molecule has 0 fully saturated rings. The first-order chi connectivity index (χ1) is 8.97. The number of nitrogens with two attached hydrogens (primary N) is 1. The second kappa shape index (κ2) is 5.27. The van der Waals surface area contributed by atoms with E-state index in [-0.39, 0.29) is 21.7 Å². The van der Waals surface area contributed by atoms with E-state index in [1.165, 1.54) is 12.4 Å². The highest BCUT2D eigenvalue weighted by Crippen LogP contribution is 2.23. The first-order valence-electron chi connectivity index (χ1n) is 5.01. The second-order valence-corrected chi connectivity index (χ2v) is 4.38. The molecular weight excluding hydrogens is 322 g/mol. The fourth-order valence-electron chi connectivity index (χ4n) is 1.30. The van der Waals surface area contributed by atoms with E-state index >= 15 is 0 Å². The maximum Gasteiger partial charge on any atom is 0.276 e. The van der Waals surface area contributed by atoms with E-state index < -0.39 is 17.5 Å². The van der Waals surface area contributed by atoms with E-state index in [0.717, 1.165) is 12.1 Å². The van der Waals surface area contributed by atoms with E-state index in [0.29, 0.717) is 0 Å². The zero-order valence-electron chi connectivity index (χ0n) is 9.32. The van der Waals surface area contributed by atoms with Gasteiger partial charge in [0.25, 0.3) is 5.91 Å². The Hall–Kier alpha value is -2.09. The monoisotopic (exact) mass is 328 g/mol. The molecular formula is C11H7BrF2N4O. The number of hydrogen-bond acceptors (Lipinski definition) is 4. The predicted molar refractivity (Wildman–Crippen MR) is 68.5 cm³/mol. The van der Waals surface area contributed by atoms with Gasteiger partial charge in [0.15, 0.2) is 0 Å². The SMILES string of the molecule is Nc1cncc(C(=O)Nc2cc(F)c(Br)cc2F)n1. The molecule has 1 heterocycles. The van der Waals surface area contributed by atoms with Crippen LogP contribution in [0, 0.1) is 11.6 Å². The normalized spacial score (nSPS) is 10.3. The molecule has 2 aromatic rings. The maximum atomic E-state index is 13.5. The molecule has 8 heteroatoms. The van der Waals surface area contributed by atoms with Crippen LogP contribution in [0.1, 0.15) is 10.5 Å². The van der Waals surface area contributed by atoms with Crippen molar-refractivity contribution in [1.82, 2.24) is 9.97 Å². The number of nitrogens with one attached hydrogen (secondary N) is 1. The average molecular weight is 329 g/mol. The third kappa shape index (κ3) is 3.02. The standard InChI is InChI=1S/C11H7BrF2N4O/c12-5-1-7(14)8(2-6(5)13)18-11(19)9-3-16-4-10(15)17-9/h1-4H,(H2,15,17)(H,18,19). The molecule has 0 aliphatic carbocycles. The van der Waals surface area contributed by atoms with Crippen LogP contribution in [-0.2, 0) is 0 Å². The number of hydrogen-bond donors (Lipinski definition) is 2. The zero-order valence-corrected chi connectivity index (χ0v) is 10.9. The summed E-state index contributed by atoms with van der Waals surface area (Å²) < 4.78 is 26.7. The Morgan fingerprint density at radius 1 is 1.26 bits per heavy atom. The van der Waals surface area contributed by atoms with Gasteiger partial charge in [-0.2, -0.15) is 0 Å². The molecule has 0 atom stereocenters. The smallest absolute Gasteiger partial charge is 0.276 e. The van der Waals surface area contributed by atoms with Gasteiger partial charge >= 0.3 is 0 Å². The van der Waals surface area contributed by atoms with E-state index in [9.17, 15) is 13.6 Å². The number of nitrogen functional groups attached to an aromatic ring is 1. The summed E-state index contributed by atoms with van der Waals surface area (Å²) in [5.74, 6) is -2.16. The Morgan fingerprint density at radius 3 is 2.68 bits per heavy atom. The lowest BCUT2D eigenvalue weighted by Gasteiger charge is -2.07. The summed E-state index contributed by atoms with van der Waals surface area (Å²) in [7, 11) is 0. The number of halogens is 3. The predicted octanol–water partition coefficient (Wildman–Crippen LogP) is 2.35. The molecule has 1 aromatic carbocycles. The van der Waals surface area contributed by atoms with E-state index in [2.05, 4.69) is 31.2 Å². The fraction of sp³-hybridized carbons (Fsp3) is 0. The topological polar surface area (TPSA) is 80.9 Å². The van der Waals surface area contributed by atoms with Crippen LogP contribution in [0.15, 0.2) is 29.0 Å². The van der Waals surface area contributed by atoms with Crippen molar-refractivity contribution in [2.24, 2.45) is 0 Å². The highest BCUT2D eigenvalue weighted by molar-refractivity contribution is 9.10. The van der Waals surface area contributed by atoms with Gasteiger partial charge in [-0.1, -0.05) is 0 Å². The molecule has 0 unspecified atom stereocenters. The van der Waals surface area contributed by atoms with Crippen molar-refractivity contribution in [3.05, 3.63) is 46.3 Å². The van der Waals surface area contributed by atoms with Crippen molar-refractivity contribution < 1.29 is 13.6 Å². The van der Waals surface area contributed by atoms with Crippen LogP contribution in [0.3, 0.4) is 0 Å². The van der Waals surface area contributed by atoms with Gasteiger partial charge in [-0.05, 0) is 22.0 Å². The summed E-state index contributed by atoms with van der Waals surface area (Å²) >= 11 is 2.83. The molecule has 3 N–H and O–H groups in total. The van der Waals surface area contributed by atoms with Crippen molar-refractivity contribution in [1.29, 1.82) is 0 Å². The Morgan fingerprint density at radius 2 is 2.00 bits per heavy atom. The Kier molecular flexibility index (Phi) is 3.70. The first-order valence-corrected chi connectivity index (χ1v) is 5.80. The van der Waals surface area contributed by atoms with Crippen LogP contribution in [0.4, 0.5) is 20.3 Å². The average Bonchev–Trinajstić information content (AvgIpc) is 2.36. The molecule has 19 heavy (non-hydrogen) atoms. The molecule has 0 spiro atoms. The van der Waals surface area contributed by atoms with Crippen LogP contribution in [-0.4, -0.2) is 15.9 Å². The summed E-state index contributed by atoms with van der Waals surface area (Å²) in [4.78, 5) is 19.1. The van der Waals surface area contributed by atoms with Gasteiger partial charge in [-0.25, -0.2) is 13.8 Å². The quantitative estimate of drug-likeness (QED) is 0.829. The van der Waals surface area contributed by atoms with Crippen molar-refractivity contribution in [2.45, 2.75) is 0 Å². The lowest BCUT2D eigenvalue weighted by molar-refractivity contribution is 0.102. The van der Waals surface area contributed by atoms with Crippen molar-refractivity contribution in [3.63, 3.8) is 0 Å². The van der Waals surface area contributed by atoms with Crippen LogP contribution < -0.4 is 11.1 Å². The molecule has 0 aliphatic rings. The molecule has 0 saturated heterocycles. The summed E-state index contributed by atoms with van der Waals surface area (Å²) in [6.45, 7) is 0.